The van der Waals surface area contributed by atoms with Crippen LogP contribution >= 0.6 is 0 Å². The van der Waals surface area contributed by atoms with Crippen molar-refractivity contribution < 1.29 is 0 Å². The van der Waals surface area contributed by atoms with Crippen LogP contribution in [0, 0.1) is 0 Å². The van der Waals surface area contributed by atoms with Gasteiger partial charge in [-0.25, -0.2) is 4.98 Å². The Kier molecular flexibility index (Phi) is 8.16. The molecule has 11 rings (SSSR count). The molecule has 3 heteroatoms. The molecule has 0 radical (unpaired) electrons. The van der Waals surface area contributed by atoms with Crippen LogP contribution in [0.15, 0.2) is 212 Å². The third-order valence-corrected chi connectivity index (χ3v) is 12.2. The quantitative estimate of drug-likeness (QED) is 0.162. The lowest BCUT2D eigenvalue weighted by atomic mass is 9.82. The molecule has 0 unspecified atom stereocenters. The fourth-order valence-electron chi connectivity index (χ4n) is 9.23. The van der Waals surface area contributed by atoms with Crippen LogP contribution < -0.4 is 4.90 Å². The van der Waals surface area contributed by atoms with Crippen LogP contribution in [0.25, 0.3) is 72.3 Å². The molecule has 0 aliphatic heterocycles. The van der Waals surface area contributed by atoms with Crippen LogP contribution in [0.3, 0.4) is 0 Å². The Morgan fingerprint density at radius 3 is 1.51 bits per heavy atom. The standard InChI is InChI=1S/C56H41N3/c1-56(2)50-26-16-15-25-46(50)47-36-49-48-33-41(38-27-30-44(31-28-38)58(42-21-11-5-12-22-42)43-23-13-6-14-24-43)29-32-54(48)59(55(49)37-51(47)56)45-34-52(39-17-7-3-8-18-39)57-53(35-45)40-19-9-4-10-20-40/h3-37H,1-2H3. The zero-order valence-electron chi connectivity index (χ0n) is 33.0. The van der Waals surface area contributed by atoms with Crippen molar-refractivity contribution >= 4 is 38.9 Å². The van der Waals surface area contributed by atoms with Gasteiger partial charge in [-0.05, 0) is 106 Å². The Labute approximate surface area is 345 Å². The van der Waals surface area contributed by atoms with Gasteiger partial charge in [-0.1, -0.05) is 153 Å². The van der Waals surface area contributed by atoms with Crippen LogP contribution in [-0.4, -0.2) is 9.55 Å². The van der Waals surface area contributed by atoms with Crippen LogP contribution in [0.5, 0.6) is 0 Å². The van der Waals surface area contributed by atoms with E-state index in [1.165, 1.54) is 55.2 Å². The summed E-state index contributed by atoms with van der Waals surface area (Å²) in [4.78, 5) is 7.56. The van der Waals surface area contributed by atoms with Gasteiger partial charge in [0.2, 0.25) is 0 Å². The summed E-state index contributed by atoms with van der Waals surface area (Å²) >= 11 is 0. The second kappa shape index (κ2) is 13.9. The third kappa shape index (κ3) is 5.85. The lowest BCUT2D eigenvalue weighted by Crippen LogP contribution is -2.15. The van der Waals surface area contributed by atoms with E-state index in [0.29, 0.717) is 0 Å². The summed E-state index contributed by atoms with van der Waals surface area (Å²) in [7, 11) is 0. The van der Waals surface area contributed by atoms with Crippen molar-refractivity contribution in [3.63, 3.8) is 0 Å². The molecular formula is C56H41N3. The lowest BCUT2D eigenvalue weighted by molar-refractivity contribution is 0.661. The maximum Gasteiger partial charge on any atom is 0.0730 e. The molecule has 2 heterocycles. The molecule has 0 atom stereocenters. The summed E-state index contributed by atoms with van der Waals surface area (Å²) in [5.41, 5.74) is 18.5. The number of para-hydroxylation sites is 2. The summed E-state index contributed by atoms with van der Waals surface area (Å²) in [5.74, 6) is 0. The average molecular weight is 756 g/mol. The van der Waals surface area contributed by atoms with Gasteiger partial charge in [-0.3, -0.25) is 0 Å². The Morgan fingerprint density at radius 2 is 0.898 bits per heavy atom. The van der Waals surface area contributed by atoms with E-state index >= 15 is 0 Å². The van der Waals surface area contributed by atoms with Crippen LogP contribution in [0.2, 0.25) is 0 Å². The number of anilines is 3. The van der Waals surface area contributed by atoms with E-state index in [4.69, 9.17) is 4.98 Å². The molecule has 2 aromatic heterocycles. The molecule has 0 N–H and O–H groups in total. The van der Waals surface area contributed by atoms with Gasteiger partial charge in [0.05, 0.1) is 28.1 Å². The fourth-order valence-corrected chi connectivity index (χ4v) is 9.23. The summed E-state index contributed by atoms with van der Waals surface area (Å²) in [6, 6.07) is 76.6. The van der Waals surface area contributed by atoms with Crippen molar-refractivity contribution in [2.24, 2.45) is 0 Å². The van der Waals surface area contributed by atoms with Gasteiger partial charge in [0.25, 0.3) is 0 Å². The van der Waals surface area contributed by atoms with Gasteiger partial charge in [0.15, 0.2) is 0 Å². The molecule has 0 bridgehead atoms. The van der Waals surface area contributed by atoms with Crippen LogP contribution in [-0.2, 0) is 5.41 Å². The predicted molar refractivity (Wildman–Crippen MR) is 247 cm³/mol. The largest absolute Gasteiger partial charge is 0.311 e. The molecule has 3 nitrogen and oxygen atoms in total. The number of fused-ring (bicyclic) bond motifs is 6. The number of hydrogen-bond donors (Lipinski definition) is 0. The van der Waals surface area contributed by atoms with Gasteiger partial charge >= 0.3 is 0 Å². The van der Waals surface area contributed by atoms with Crippen molar-refractivity contribution in [3.8, 4) is 50.5 Å². The summed E-state index contributed by atoms with van der Waals surface area (Å²) in [6.45, 7) is 4.73. The first-order valence-electron chi connectivity index (χ1n) is 20.4. The Hall–Kier alpha value is -7.49. The van der Waals surface area contributed by atoms with Gasteiger partial charge in [-0.15, -0.1) is 0 Å². The molecule has 59 heavy (non-hydrogen) atoms. The number of hydrogen-bond acceptors (Lipinski definition) is 2. The van der Waals surface area contributed by atoms with E-state index in [0.717, 1.165) is 45.3 Å². The van der Waals surface area contributed by atoms with Crippen molar-refractivity contribution in [1.82, 2.24) is 9.55 Å². The SMILES string of the molecule is CC1(C)c2ccccc2-c2cc3c4cc(-c5ccc(N(c6ccccc6)c6ccccc6)cc5)ccc4n(-c4cc(-c5ccccc5)nc(-c5ccccc5)c4)c3cc21. The highest BCUT2D eigenvalue weighted by Crippen LogP contribution is 2.51. The molecule has 1 aliphatic rings. The van der Waals surface area contributed by atoms with Crippen molar-refractivity contribution in [1.29, 1.82) is 0 Å². The number of rotatable bonds is 7. The molecule has 0 fully saturated rings. The smallest absolute Gasteiger partial charge is 0.0730 e. The maximum absolute atomic E-state index is 5.25. The molecular weight excluding hydrogens is 715 g/mol. The van der Waals surface area contributed by atoms with E-state index in [9.17, 15) is 0 Å². The highest BCUT2D eigenvalue weighted by atomic mass is 15.1. The Morgan fingerprint density at radius 1 is 0.390 bits per heavy atom. The Bertz CT molecular complexity index is 3050. The van der Waals surface area contributed by atoms with E-state index in [1.54, 1.807) is 0 Å². The van der Waals surface area contributed by atoms with E-state index in [-0.39, 0.29) is 5.41 Å². The number of nitrogens with zero attached hydrogens (tertiary/aromatic N) is 3. The second-order valence-corrected chi connectivity index (χ2v) is 16.0. The Balaban J connectivity index is 1.12. The molecule has 8 aromatic carbocycles. The first-order valence-corrected chi connectivity index (χ1v) is 20.4. The molecule has 10 aromatic rings. The second-order valence-electron chi connectivity index (χ2n) is 16.0. The van der Waals surface area contributed by atoms with E-state index < -0.39 is 0 Å². The monoisotopic (exact) mass is 755 g/mol. The van der Waals surface area contributed by atoms with Crippen molar-refractivity contribution in [3.05, 3.63) is 223 Å². The fraction of sp³-hybridized carbons (Fsp3) is 0.0536. The molecule has 280 valence electrons. The minimum absolute atomic E-state index is 0.135. The molecule has 0 saturated carbocycles. The minimum Gasteiger partial charge on any atom is -0.311 e. The molecule has 0 spiro atoms. The zero-order valence-corrected chi connectivity index (χ0v) is 33.0. The zero-order chi connectivity index (χ0) is 39.5. The maximum atomic E-state index is 5.25. The highest BCUT2D eigenvalue weighted by Gasteiger charge is 2.36. The number of benzene rings is 8. The normalized spacial score (nSPS) is 12.7. The predicted octanol–water partition coefficient (Wildman–Crippen LogP) is 15.0. The molecule has 0 amide bonds. The molecule has 1 aliphatic carbocycles. The lowest BCUT2D eigenvalue weighted by Gasteiger charge is -2.25. The van der Waals surface area contributed by atoms with Crippen LogP contribution in [0.4, 0.5) is 17.1 Å². The van der Waals surface area contributed by atoms with E-state index in [1.807, 2.05) is 0 Å². The van der Waals surface area contributed by atoms with Gasteiger partial charge in [-0.2, -0.15) is 0 Å². The molecule has 0 saturated heterocycles. The first-order chi connectivity index (χ1) is 29.0. The minimum atomic E-state index is -0.135. The van der Waals surface area contributed by atoms with Gasteiger partial charge in [0, 0.05) is 44.4 Å². The number of aromatic nitrogens is 2. The van der Waals surface area contributed by atoms with E-state index in [2.05, 4.69) is 236 Å². The summed E-state index contributed by atoms with van der Waals surface area (Å²) in [6.07, 6.45) is 0. The summed E-state index contributed by atoms with van der Waals surface area (Å²) < 4.78 is 2.47. The highest BCUT2D eigenvalue weighted by molar-refractivity contribution is 6.13. The van der Waals surface area contributed by atoms with Gasteiger partial charge in [0.1, 0.15) is 0 Å². The van der Waals surface area contributed by atoms with Gasteiger partial charge < -0.3 is 9.47 Å². The van der Waals surface area contributed by atoms with Crippen molar-refractivity contribution in [2.45, 2.75) is 19.3 Å². The number of pyridine rings is 1. The topological polar surface area (TPSA) is 21.1 Å². The third-order valence-electron chi connectivity index (χ3n) is 12.2. The summed E-state index contributed by atoms with van der Waals surface area (Å²) in [5, 5.41) is 2.46. The van der Waals surface area contributed by atoms with Crippen LogP contribution in [0.1, 0.15) is 25.0 Å². The first kappa shape index (κ1) is 34.7. The average Bonchev–Trinajstić information content (AvgIpc) is 3.74. The van der Waals surface area contributed by atoms with Crippen molar-refractivity contribution in [2.75, 3.05) is 4.90 Å².